The van der Waals surface area contributed by atoms with Crippen LogP contribution in [0.3, 0.4) is 0 Å². The van der Waals surface area contributed by atoms with Crippen LogP contribution in [0.5, 0.6) is 0 Å². The Hall–Kier alpha value is -1.06. The van der Waals surface area contributed by atoms with Crippen molar-refractivity contribution in [3.8, 4) is 0 Å². The molecule has 1 aromatic carbocycles. The molecule has 0 aliphatic carbocycles. The van der Waals surface area contributed by atoms with Gasteiger partial charge in [-0.15, -0.1) is 24.0 Å². The molecule has 1 aliphatic rings. The molecule has 1 saturated heterocycles. The van der Waals surface area contributed by atoms with Gasteiger partial charge in [-0.1, -0.05) is 30.3 Å². The zero-order valence-electron chi connectivity index (χ0n) is 16.1. The van der Waals surface area contributed by atoms with E-state index in [0.29, 0.717) is 5.92 Å². The molecule has 1 aromatic heterocycles. The van der Waals surface area contributed by atoms with Gasteiger partial charge in [0.2, 0.25) is 0 Å². The molecular weight excluding hydrogens is 519 g/mol. The van der Waals surface area contributed by atoms with Crippen molar-refractivity contribution in [2.24, 2.45) is 18.0 Å². The average molecular weight is 547 g/mol. The molecule has 7 heteroatoms. The first-order valence-electron chi connectivity index (χ1n) is 8.97. The van der Waals surface area contributed by atoms with E-state index in [-0.39, 0.29) is 30.1 Å². The maximum atomic E-state index is 5.99. The van der Waals surface area contributed by atoms with E-state index in [1.807, 2.05) is 13.1 Å². The minimum atomic E-state index is 0. The number of aliphatic imine (C=N–C) groups is 1. The molecule has 27 heavy (non-hydrogen) atoms. The van der Waals surface area contributed by atoms with Crippen LogP contribution in [0.1, 0.15) is 23.8 Å². The largest absolute Gasteiger partial charge is 0.373 e. The van der Waals surface area contributed by atoms with Crippen LogP contribution in [0, 0.1) is 5.92 Å². The molecule has 5 nitrogen and oxygen atoms in total. The van der Waals surface area contributed by atoms with Gasteiger partial charge >= 0.3 is 0 Å². The molecule has 0 bridgehead atoms. The lowest BCUT2D eigenvalue weighted by atomic mass is 9.95. The van der Waals surface area contributed by atoms with E-state index in [1.165, 1.54) is 11.3 Å². The van der Waals surface area contributed by atoms with Crippen molar-refractivity contribution in [2.75, 3.05) is 27.2 Å². The molecule has 1 fully saturated rings. The number of aromatic nitrogens is 1. The number of benzene rings is 1. The van der Waals surface area contributed by atoms with E-state index >= 15 is 0 Å². The first-order valence-corrected chi connectivity index (χ1v) is 9.77. The predicted octanol–water partition coefficient (Wildman–Crippen LogP) is 4.19. The van der Waals surface area contributed by atoms with Crippen molar-refractivity contribution >= 4 is 45.9 Å². The quantitative estimate of drug-likeness (QED) is 0.347. The van der Waals surface area contributed by atoms with Gasteiger partial charge in [0, 0.05) is 56.6 Å². The number of rotatable bonds is 5. The van der Waals surface area contributed by atoms with Crippen LogP contribution in [0.4, 0.5) is 0 Å². The van der Waals surface area contributed by atoms with Crippen LogP contribution in [0.2, 0.25) is 0 Å². The Labute approximate surface area is 187 Å². The molecule has 0 radical (unpaired) electrons. The maximum absolute atomic E-state index is 5.99. The number of nitrogens with one attached hydrogen (secondary N) is 1. The fourth-order valence-electron chi connectivity index (χ4n) is 3.50. The lowest BCUT2D eigenvalue weighted by molar-refractivity contribution is 0.0914. The number of guanidine groups is 1. The summed E-state index contributed by atoms with van der Waals surface area (Å²) in [5, 5.41) is 3.53. The molecule has 148 valence electrons. The number of hydrogen-bond acceptors (Lipinski definition) is 2. The highest BCUT2D eigenvalue weighted by Gasteiger charge is 2.29. The smallest absolute Gasteiger partial charge is 0.193 e. The number of ether oxygens (including phenoxy) is 1. The number of aryl methyl sites for hydroxylation is 1. The molecule has 2 aromatic rings. The SMILES string of the molecule is CN=C(NCC1CCOC1c1ccccc1)N(C)Cc1cc(Br)cn1C.I. The molecule has 2 heterocycles. The molecule has 0 amide bonds. The van der Waals surface area contributed by atoms with Crippen LogP contribution in [0.15, 0.2) is 52.1 Å². The summed E-state index contributed by atoms with van der Waals surface area (Å²) in [4.78, 5) is 6.60. The molecule has 2 unspecified atom stereocenters. The summed E-state index contributed by atoms with van der Waals surface area (Å²) in [6.07, 6.45) is 3.30. The molecule has 1 N–H and O–H groups in total. The monoisotopic (exact) mass is 546 g/mol. The van der Waals surface area contributed by atoms with Gasteiger partial charge in [-0.3, -0.25) is 4.99 Å². The zero-order valence-corrected chi connectivity index (χ0v) is 20.0. The van der Waals surface area contributed by atoms with E-state index in [4.69, 9.17) is 4.74 Å². The highest BCUT2D eigenvalue weighted by molar-refractivity contribution is 14.0. The highest BCUT2D eigenvalue weighted by Crippen LogP contribution is 2.33. The molecular formula is C20H28BrIN4O. The van der Waals surface area contributed by atoms with Gasteiger partial charge in [-0.2, -0.15) is 0 Å². The van der Waals surface area contributed by atoms with Crippen LogP contribution < -0.4 is 5.32 Å². The van der Waals surface area contributed by atoms with Gasteiger partial charge in [0.25, 0.3) is 0 Å². The third-order valence-electron chi connectivity index (χ3n) is 4.91. The lowest BCUT2D eigenvalue weighted by Gasteiger charge is -2.25. The van der Waals surface area contributed by atoms with Gasteiger partial charge in [-0.05, 0) is 34.0 Å². The Kier molecular flexibility index (Phi) is 8.62. The van der Waals surface area contributed by atoms with Crippen LogP contribution in [0.25, 0.3) is 0 Å². The Morgan fingerprint density at radius 3 is 2.74 bits per heavy atom. The maximum Gasteiger partial charge on any atom is 0.193 e. The minimum absolute atomic E-state index is 0. The standard InChI is InChI=1S/C20H27BrN4O.HI/c1-22-20(25(3)14-18-11-17(21)13-24(18)2)23-12-16-9-10-26-19(16)15-7-5-4-6-8-15;/h4-8,11,13,16,19H,9-10,12,14H2,1-3H3,(H,22,23);1H. The third-order valence-corrected chi connectivity index (χ3v) is 5.35. The van der Waals surface area contributed by atoms with Crippen molar-refractivity contribution < 1.29 is 4.74 Å². The van der Waals surface area contributed by atoms with Gasteiger partial charge in [0.15, 0.2) is 5.96 Å². The molecule has 3 rings (SSSR count). The molecule has 0 spiro atoms. The molecule has 2 atom stereocenters. The van der Waals surface area contributed by atoms with Crippen LogP contribution in [-0.4, -0.2) is 42.7 Å². The summed E-state index contributed by atoms with van der Waals surface area (Å²) in [5.74, 6) is 1.35. The third kappa shape index (κ3) is 5.71. The fourth-order valence-corrected chi connectivity index (χ4v) is 4.07. The van der Waals surface area contributed by atoms with Gasteiger partial charge < -0.3 is 19.5 Å². The van der Waals surface area contributed by atoms with E-state index in [1.54, 1.807) is 0 Å². The average Bonchev–Trinajstić information content (AvgIpc) is 3.22. The predicted molar refractivity (Wildman–Crippen MR) is 125 cm³/mol. The second kappa shape index (κ2) is 10.5. The zero-order chi connectivity index (χ0) is 18.5. The first-order chi connectivity index (χ1) is 12.6. The summed E-state index contributed by atoms with van der Waals surface area (Å²) in [5.41, 5.74) is 2.49. The van der Waals surface area contributed by atoms with Crippen molar-refractivity contribution in [3.63, 3.8) is 0 Å². The van der Waals surface area contributed by atoms with Gasteiger partial charge in [0.05, 0.1) is 12.6 Å². The first kappa shape index (κ1) is 22.2. The minimum Gasteiger partial charge on any atom is -0.373 e. The van der Waals surface area contributed by atoms with Crippen molar-refractivity contribution in [3.05, 3.63) is 58.3 Å². The van der Waals surface area contributed by atoms with E-state index in [9.17, 15) is 0 Å². The summed E-state index contributed by atoms with van der Waals surface area (Å²) in [6, 6.07) is 12.6. The second-order valence-electron chi connectivity index (χ2n) is 6.80. The topological polar surface area (TPSA) is 41.8 Å². The fraction of sp³-hybridized carbons (Fsp3) is 0.450. The van der Waals surface area contributed by atoms with Crippen molar-refractivity contribution in [1.29, 1.82) is 0 Å². The molecule has 0 saturated carbocycles. The number of hydrogen-bond donors (Lipinski definition) is 1. The Morgan fingerprint density at radius 2 is 2.11 bits per heavy atom. The Balaban J connectivity index is 0.00000261. The Morgan fingerprint density at radius 1 is 1.37 bits per heavy atom. The van der Waals surface area contributed by atoms with Crippen molar-refractivity contribution in [2.45, 2.75) is 19.1 Å². The number of halogens is 2. The lowest BCUT2D eigenvalue weighted by Crippen LogP contribution is -2.41. The Bertz CT molecular complexity index is 750. The summed E-state index contributed by atoms with van der Waals surface area (Å²) < 4.78 is 9.22. The normalized spacial score (nSPS) is 19.6. The van der Waals surface area contributed by atoms with Crippen molar-refractivity contribution in [1.82, 2.24) is 14.8 Å². The van der Waals surface area contributed by atoms with E-state index < -0.39 is 0 Å². The van der Waals surface area contributed by atoms with E-state index in [2.05, 4.69) is 86.3 Å². The van der Waals surface area contributed by atoms with Crippen LogP contribution in [-0.2, 0) is 18.3 Å². The number of nitrogens with zero attached hydrogens (tertiary/aromatic N) is 3. The van der Waals surface area contributed by atoms with Gasteiger partial charge in [0.1, 0.15) is 0 Å². The summed E-state index contributed by atoms with van der Waals surface area (Å²) in [7, 11) is 5.96. The van der Waals surface area contributed by atoms with E-state index in [0.717, 1.165) is 36.5 Å². The van der Waals surface area contributed by atoms with Crippen LogP contribution >= 0.6 is 39.9 Å². The summed E-state index contributed by atoms with van der Waals surface area (Å²) >= 11 is 3.53. The highest BCUT2D eigenvalue weighted by atomic mass is 127. The summed E-state index contributed by atoms with van der Waals surface area (Å²) in [6.45, 7) is 2.47. The molecule has 1 aliphatic heterocycles. The van der Waals surface area contributed by atoms with Gasteiger partial charge in [-0.25, -0.2) is 0 Å². The second-order valence-corrected chi connectivity index (χ2v) is 7.71.